The van der Waals surface area contributed by atoms with Crippen molar-refractivity contribution in [3.63, 3.8) is 0 Å². The highest BCUT2D eigenvalue weighted by atomic mass is 16.2. The summed E-state index contributed by atoms with van der Waals surface area (Å²) in [7, 11) is 2.02. The highest BCUT2D eigenvalue weighted by Gasteiger charge is 2.58. The molecule has 3 fully saturated rings. The first-order valence-electron chi connectivity index (χ1n) is 11.7. The third-order valence-electron chi connectivity index (χ3n) is 9.63. The van der Waals surface area contributed by atoms with Crippen molar-refractivity contribution < 1.29 is 4.79 Å². The van der Waals surface area contributed by atoms with E-state index in [4.69, 9.17) is 0 Å². The molecule has 1 aromatic rings. The molecular weight excluding hydrogens is 356 g/mol. The van der Waals surface area contributed by atoms with Gasteiger partial charge in [-0.25, -0.2) is 0 Å². The van der Waals surface area contributed by atoms with Gasteiger partial charge in [0, 0.05) is 32.4 Å². The van der Waals surface area contributed by atoms with Crippen LogP contribution in [-0.4, -0.2) is 29.4 Å². The van der Waals surface area contributed by atoms with Crippen LogP contribution in [0.4, 0.5) is 0 Å². The van der Waals surface area contributed by atoms with Crippen LogP contribution in [0, 0.1) is 41.4 Å². The quantitative estimate of drug-likeness (QED) is 0.633. The highest BCUT2D eigenvalue weighted by Crippen LogP contribution is 2.66. The summed E-state index contributed by atoms with van der Waals surface area (Å²) >= 11 is 0. The van der Waals surface area contributed by atoms with Gasteiger partial charge in [-0.15, -0.1) is 0 Å². The van der Waals surface area contributed by atoms with Crippen LogP contribution in [0.5, 0.6) is 0 Å². The van der Waals surface area contributed by atoms with Crippen LogP contribution in [0.1, 0.15) is 69.9 Å². The molecule has 0 spiro atoms. The monoisotopic (exact) mass is 392 g/mol. The molecule has 0 bridgehead atoms. The summed E-state index contributed by atoms with van der Waals surface area (Å²) < 4.78 is 0. The van der Waals surface area contributed by atoms with E-state index < -0.39 is 0 Å². The highest BCUT2D eigenvalue weighted by molar-refractivity contribution is 5.76. The molecule has 1 aliphatic heterocycles. The standard InChI is InChI=1S/C26H36N2O/c1-17-13-18(15-27-14-17)21-7-8-22-20-6-5-19-16-28(4)24(29)10-12-25(19,2)23(20)9-11-26(21,22)3/h7,13-15,19-20,22-23H,5-6,8-12,16H2,1-4H3. The molecule has 2 saturated carbocycles. The van der Waals surface area contributed by atoms with Crippen molar-refractivity contribution in [2.45, 2.75) is 65.7 Å². The number of amides is 1. The number of hydrogen-bond donors (Lipinski definition) is 0. The van der Waals surface area contributed by atoms with Gasteiger partial charge in [0.05, 0.1) is 0 Å². The minimum absolute atomic E-state index is 0.289. The third kappa shape index (κ3) is 2.83. The van der Waals surface area contributed by atoms with E-state index in [2.05, 4.69) is 44.1 Å². The molecule has 6 atom stereocenters. The van der Waals surface area contributed by atoms with E-state index in [-0.39, 0.29) is 5.41 Å². The van der Waals surface area contributed by atoms with Gasteiger partial charge >= 0.3 is 0 Å². The molecule has 0 radical (unpaired) electrons. The largest absolute Gasteiger partial charge is 0.345 e. The van der Waals surface area contributed by atoms with Crippen molar-refractivity contribution in [1.82, 2.24) is 9.88 Å². The van der Waals surface area contributed by atoms with E-state index in [1.807, 2.05) is 18.1 Å². The Bertz CT molecular complexity index is 860. The van der Waals surface area contributed by atoms with Crippen molar-refractivity contribution in [2.75, 3.05) is 13.6 Å². The van der Waals surface area contributed by atoms with E-state index in [1.54, 1.807) is 5.57 Å². The summed E-state index contributed by atoms with van der Waals surface area (Å²) in [6.45, 7) is 8.19. The molecular formula is C26H36N2O. The predicted octanol–water partition coefficient (Wildman–Crippen LogP) is 5.49. The zero-order valence-corrected chi connectivity index (χ0v) is 18.6. The predicted molar refractivity (Wildman–Crippen MR) is 117 cm³/mol. The molecule has 1 aromatic heterocycles. The molecule has 3 heteroatoms. The number of rotatable bonds is 1. The lowest BCUT2D eigenvalue weighted by Crippen LogP contribution is -2.52. The number of aromatic nitrogens is 1. The molecule has 0 aromatic carbocycles. The molecule has 1 saturated heterocycles. The Morgan fingerprint density at radius 1 is 1.10 bits per heavy atom. The Balaban J connectivity index is 1.44. The van der Waals surface area contributed by atoms with Gasteiger partial charge in [0.25, 0.3) is 0 Å². The van der Waals surface area contributed by atoms with Crippen LogP contribution < -0.4 is 0 Å². The fourth-order valence-electron chi connectivity index (χ4n) is 7.94. The number of aryl methyl sites for hydroxylation is 1. The number of carbonyl (C=O) groups is 1. The van der Waals surface area contributed by atoms with E-state index in [0.717, 1.165) is 37.1 Å². The third-order valence-corrected chi connectivity index (χ3v) is 9.63. The van der Waals surface area contributed by atoms with Crippen LogP contribution in [-0.2, 0) is 4.79 Å². The molecule has 4 aliphatic rings. The summed E-state index contributed by atoms with van der Waals surface area (Å²) in [5.74, 6) is 3.38. The normalized spacial score (nSPS) is 41.9. The minimum atomic E-state index is 0.289. The zero-order valence-electron chi connectivity index (χ0n) is 18.6. The Labute approximate surface area is 176 Å². The fraction of sp³-hybridized carbons (Fsp3) is 0.692. The maximum Gasteiger partial charge on any atom is 0.222 e. The van der Waals surface area contributed by atoms with Gasteiger partial charge in [0.2, 0.25) is 5.91 Å². The van der Waals surface area contributed by atoms with Gasteiger partial charge in [0.1, 0.15) is 0 Å². The first-order chi connectivity index (χ1) is 13.8. The maximum absolute atomic E-state index is 12.4. The van der Waals surface area contributed by atoms with Gasteiger partial charge in [0.15, 0.2) is 0 Å². The molecule has 3 aliphatic carbocycles. The molecule has 1 amide bonds. The first kappa shape index (κ1) is 19.3. The maximum atomic E-state index is 12.4. The van der Waals surface area contributed by atoms with Gasteiger partial charge in [-0.2, -0.15) is 0 Å². The number of fused-ring (bicyclic) bond motifs is 5. The van der Waals surface area contributed by atoms with Gasteiger partial charge in [-0.05, 0) is 103 Å². The van der Waals surface area contributed by atoms with Crippen molar-refractivity contribution in [3.8, 4) is 0 Å². The van der Waals surface area contributed by atoms with Crippen LogP contribution >= 0.6 is 0 Å². The second-order valence-electron chi connectivity index (χ2n) is 11.0. The minimum Gasteiger partial charge on any atom is -0.345 e. The number of allylic oxidation sites excluding steroid dienone is 2. The topological polar surface area (TPSA) is 33.2 Å². The average Bonchev–Trinajstić information content (AvgIpc) is 3.00. The van der Waals surface area contributed by atoms with Gasteiger partial charge in [-0.3, -0.25) is 9.78 Å². The second-order valence-corrected chi connectivity index (χ2v) is 11.0. The summed E-state index contributed by atoms with van der Waals surface area (Å²) in [5.41, 5.74) is 4.77. The number of likely N-dealkylation sites (tertiary alicyclic amines) is 1. The molecule has 156 valence electrons. The van der Waals surface area contributed by atoms with Crippen LogP contribution in [0.15, 0.2) is 24.5 Å². The van der Waals surface area contributed by atoms with Crippen molar-refractivity contribution in [2.24, 2.45) is 34.5 Å². The summed E-state index contributed by atoms with van der Waals surface area (Å²) in [6, 6.07) is 2.32. The molecule has 5 rings (SSSR count). The number of carbonyl (C=O) groups excluding carboxylic acids is 1. The van der Waals surface area contributed by atoms with E-state index in [9.17, 15) is 4.79 Å². The Kier molecular flexibility index (Phi) is 4.46. The van der Waals surface area contributed by atoms with Crippen molar-refractivity contribution >= 4 is 11.5 Å². The molecule has 2 heterocycles. The van der Waals surface area contributed by atoms with E-state index >= 15 is 0 Å². The molecule has 6 unspecified atom stereocenters. The summed E-state index contributed by atoms with van der Waals surface area (Å²) in [6.07, 6.45) is 14.9. The Hall–Kier alpha value is -1.64. The number of nitrogens with zero attached hydrogens (tertiary/aromatic N) is 2. The first-order valence-corrected chi connectivity index (χ1v) is 11.7. The lowest BCUT2D eigenvalue weighted by Gasteiger charge is -2.58. The lowest BCUT2D eigenvalue weighted by molar-refractivity contribution is -0.129. The average molecular weight is 393 g/mol. The number of hydrogen-bond acceptors (Lipinski definition) is 2. The van der Waals surface area contributed by atoms with Gasteiger partial charge < -0.3 is 4.90 Å². The fourth-order valence-corrected chi connectivity index (χ4v) is 7.94. The second kappa shape index (κ2) is 6.68. The van der Waals surface area contributed by atoms with Gasteiger partial charge in [-0.1, -0.05) is 19.9 Å². The zero-order chi connectivity index (χ0) is 20.4. The Morgan fingerprint density at radius 3 is 2.72 bits per heavy atom. The summed E-state index contributed by atoms with van der Waals surface area (Å²) in [5, 5.41) is 0. The van der Waals surface area contributed by atoms with Crippen molar-refractivity contribution in [3.05, 3.63) is 35.7 Å². The molecule has 3 nitrogen and oxygen atoms in total. The summed E-state index contributed by atoms with van der Waals surface area (Å²) in [4.78, 5) is 18.9. The molecule has 29 heavy (non-hydrogen) atoms. The van der Waals surface area contributed by atoms with E-state index in [1.165, 1.54) is 43.2 Å². The van der Waals surface area contributed by atoms with Crippen LogP contribution in [0.2, 0.25) is 0 Å². The SMILES string of the molecule is Cc1cncc(C2=CCC3C4CCC5CN(C)C(=O)CCC5(C)C4CCC23C)c1. The molecule has 0 N–H and O–H groups in total. The van der Waals surface area contributed by atoms with Crippen molar-refractivity contribution in [1.29, 1.82) is 0 Å². The Morgan fingerprint density at radius 2 is 1.93 bits per heavy atom. The van der Waals surface area contributed by atoms with E-state index in [0.29, 0.717) is 17.2 Å². The van der Waals surface area contributed by atoms with Crippen LogP contribution in [0.25, 0.3) is 5.57 Å². The smallest absolute Gasteiger partial charge is 0.222 e. The van der Waals surface area contributed by atoms with Crippen LogP contribution in [0.3, 0.4) is 0 Å². The lowest BCUT2D eigenvalue weighted by atomic mass is 9.46. The number of pyridine rings is 1.